The Bertz CT molecular complexity index is 681. The Morgan fingerprint density at radius 1 is 1.68 bits per heavy atom. The van der Waals surface area contributed by atoms with E-state index >= 15 is 0 Å². The second kappa shape index (κ2) is 5.07. The number of hydrogen-bond acceptors (Lipinski definition) is 8. The van der Waals surface area contributed by atoms with Crippen LogP contribution in [0.1, 0.15) is 13.2 Å². The molecule has 1 aromatic rings. The zero-order valence-electron chi connectivity index (χ0n) is 12.1. The van der Waals surface area contributed by atoms with E-state index in [2.05, 4.69) is 4.98 Å². The first-order chi connectivity index (χ1) is 10.3. The Morgan fingerprint density at radius 3 is 3.05 bits per heavy atom. The summed E-state index contributed by atoms with van der Waals surface area (Å²) in [5.41, 5.74) is 2.57. The summed E-state index contributed by atoms with van der Waals surface area (Å²) in [7, 11) is -1.84. The summed E-state index contributed by atoms with van der Waals surface area (Å²) < 4.78 is 29.0. The first-order valence-corrected chi connectivity index (χ1v) is 8.29. The van der Waals surface area contributed by atoms with Crippen molar-refractivity contribution in [3.05, 3.63) is 22.7 Å². The fourth-order valence-electron chi connectivity index (χ4n) is 2.89. The van der Waals surface area contributed by atoms with Gasteiger partial charge in [-0.25, -0.2) is 4.79 Å². The molecular weight excluding hydrogens is 313 g/mol. The Morgan fingerprint density at radius 2 is 2.41 bits per heavy atom. The number of nitrogens with zero attached hydrogens (tertiary/aromatic N) is 2. The lowest BCUT2D eigenvalue weighted by molar-refractivity contribution is -0.211. The summed E-state index contributed by atoms with van der Waals surface area (Å²) in [4.78, 5) is 15.6. The van der Waals surface area contributed by atoms with E-state index in [4.69, 9.17) is 19.7 Å². The number of aliphatic hydroxyl groups excluding tert-OH is 1. The fourth-order valence-corrected chi connectivity index (χ4v) is 3.29. The van der Waals surface area contributed by atoms with Gasteiger partial charge in [0.05, 0.1) is 6.61 Å². The smallest absolute Gasteiger partial charge is 0.387 e. The van der Waals surface area contributed by atoms with E-state index < -0.39 is 37.3 Å². The highest BCUT2D eigenvalue weighted by atomic mass is 31.1. The molecule has 0 saturated carbocycles. The van der Waals surface area contributed by atoms with Crippen LogP contribution < -0.4 is 11.4 Å². The van der Waals surface area contributed by atoms with Crippen LogP contribution in [0.4, 0.5) is 5.82 Å². The summed E-state index contributed by atoms with van der Waals surface area (Å²) in [6, 6.07) is 1.46. The van der Waals surface area contributed by atoms with Crippen LogP contribution in [0, 0.1) is 0 Å². The zero-order valence-corrected chi connectivity index (χ0v) is 13.0. The van der Waals surface area contributed by atoms with Gasteiger partial charge in [0.2, 0.25) is 0 Å². The SMILES string of the molecule is C[P+](=O)OC[C@]12CO[C@](C)([C@@H]1O)[C@H](n1ccc(N)nc1=O)O2. The first kappa shape index (κ1) is 15.5. The third kappa shape index (κ3) is 2.17. The largest absolute Gasteiger partial charge is 0.504 e. The van der Waals surface area contributed by atoms with Crippen LogP contribution in [0.25, 0.3) is 0 Å². The molecule has 0 amide bonds. The van der Waals surface area contributed by atoms with Crippen LogP contribution in [0.2, 0.25) is 0 Å². The highest BCUT2D eigenvalue weighted by Crippen LogP contribution is 2.52. The molecule has 1 unspecified atom stereocenters. The molecule has 2 aliphatic rings. The number of anilines is 1. The number of aromatic nitrogens is 2. The maximum absolute atomic E-state index is 12.0. The molecule has 2 fully saturated rings. The molecule has 10 heteroatoms. The molecule has 0 radical (unpaired) electrons. The van der Waals surface area contributed by atoms with Gasteiger partial charge >= 0.3 is 13.7 Å². The van der Waals surface area contributed by atoms with Gasteiger partial charge in [-0.1, -0.05) is 0 Å². The van der Waals surface area contributed by atoms with Crippen molar-refractivity contribution < 1.29 is 23.7 Å². The lowest BCUT2D eigenvalue weighted by atomic mass is 9.92. The van der Waals surface area contributed by atoms with Crippen LogP contribution in [-0.4, -0.2) is 51.8 Å². The molecule has 2 aliphatic heterocycles. The van der Waals surface area contributed by atoms with Gasteiger partial charge in [-0.15, -0.1) is 4.52 Å². The van der Waals surface area contributed by atoms with Gasteiger partial charge in [0.15, 0.2) is 18.5 Å². The van der Waals surface area contributed by atoms with Crippen LogP contribution in [-0.2, 0) is 18.6 Å². The van der Waals surface area contributed by atoms with Crippen molar-refractivity contribution in [3.8, 4) is 0 Å². The van der Waals surface area contributed by atoms with Gasteiger partial charge in [-0.3, -0.25) is 4.57 Å². The van der Waals surface area contributed by atoms with E-state index in [1.807, 2.05) is 0 Å². The Balaban J connectivity index is 1.95. The number of fused-ring (bicyclic) bond motifs is 2. The van der Waals surface area contributed by atoms with Gasteiger partial charge in [-0.2, -0.15) is 4.98 Å². The predicted octanol–water partition coefficient (Wildman–Crippen LogP) is -0.368. The van der Waals surface area contributed by atoms with Gasteiger partial charge in [-0.05, 0) is 17.6 Å². The molecule has 1 aromatic heterocycles. The van der Waals surface area contributed by atoms with Gasteiger partial charge in [0.1, 0.15) is 24.1 Å². The van der Waals surface area contributed by atoms with E-state index in [1.165, 1.54) is 23.5 Å². The van der Waals surface area contributed by atoms with Crippen molar-refractivity contribution in [2.24, 2.45) is 0 Å². The minimum atomic E-state index is -1.84. The zero-order chi connectivity index (χ0) is 16.1. The van der Waals surface area contributed by atoms with E-state index in [9.17, 15) is 14.5 Å². The maximum Gasteiger partial charge on any atom is 0.504 e. The summed E-state index contributed by atoms with van der Waals surface area (Å²) in [6.45, 7) is 3.05. The molecule has 3 heterocycles. The van der Waals surface area contributed by atoms with Crippen LogP contribution in [0.3, 0.4) is 0 Å². The molecule has 3 N–H and O–H groups in total. The highest BCUT2D eigenvalue weighted by Gasteiger charge is 2.69. The number of nitrogen functional groups attached to an aromatic ring is 1. The van der Waals surface area contributed by atoms with Crippen molar-refractivity contribution in [2.75, 3.05) is 25.6 Å². The molecule has 0 aliphatic carbocycles. The second-order valence-corrected chi connectivity index (χ2v) is 6.80. The van der Waals surface area contributed by atoms with Crippen LogP contribution in [0.15, 0.2) is 17.1 Å². The number of nitrogens with two attached hydrogens (primary N) is 1. The second-order valence-electron chi connectivity index (χ2n) is 5.67. The summed E-state index contributed by atoms with van der Waals surface area (Å²) in [5.74, 6) is 0.0945. The van der Waals surface area contributed by atoms with Gasteiger partial charge in [0.25, 0.3) is 0 Å². The van der Waals surface area contributed by atoms with E-state index in [-0.39, 0.29) is 19.0 Å². The first-order valence-electron chi connectivity index (χ1n) is 6.67. The lowest BCUT2D eigenvalue weighted by Gasteiger charge is -2.33. The average Bonchev–Trinajstić information content (AvgIpc) is 2.82. The van der Waals surface area contributed by atoms with E-state index in [0.717, 1.165) is 0 Å². The normalized spacial score (nSPS) is 37.5. The third-order valence-corrected chi connectivity index (χ3v) is 4.59. The van der Waals surface area contributed by atoms with Crippen LogP contribution >= 0.6 is 8.03 Å². The Hall–Kier alpha value is -1.38. The molecule has 2 saturated heterocycles. The summed E-state index contributed by atoms with van der Waals surface area (Å²) in [6.07, 6.45) is -0.480. The van der Waals surface area contributed by atoms with Crippen molar-refractivity contribution >= 4 is 13.8 Å². The lowest BCUT2D eigenvalue weighted by Crippen LogP contribution is -2.45. The molecule has 2 bridgehead atoms. The number of aliphatic hydroxyl groups is 1. The van der Waals surface area contributed by atoms with Gasteiger partial charge < -0.3 is 20.3 Å². The maximum atomic E-state index is 12.0. The van der Waals surface area contributed by atoms with Gasteiger partial charge in [0, 0.05) is 6.20 Å². The Kier molecular flexibility index (Phi) is 3.58. The summed E-state index contributed by atoms with van der Waals surface area (Å²) in [5, 5.41) is 10.5. The van der Waals surface area contributed by atoms with E-state index in [0.29, 0.717) is 0 Å². The highest BCUT2D eigenvalue weighted by molar-refractivity contribution is 7.38. The van der Waals surface area contributed by atoms with Crippen LogP contribution in [0.5, 0.6) is 0 Å². The molecule has 120 valence electrons. The van der Waals surface area contributed by atoms with Crippen molar-refractivity contribution in [1.29, 1.82) is 0 Å². The quantitative estimate of drug-likeness (QED) is 0.716. The average molecular weight is 330 g/mol. The monoisotopic (exact) mass is 330 g/mol. The van der Waals surface area contributed by atoms with Crippen molar-refractivity contribution in [3.63, 3.8) is 0 Å². The minimum Gasteiger partial charge on any atom is -0.387 e. The fraction of sp³-hybridized carbons (Fsp3) is 0.667. The molecule has 22 heavy (non-hydrogen) atoms. The number of ether oxygens (including phenoxy) is 2. The van der Waals surface area contributed by atoms with E-state index in [1.54, 1.807) is 6.92 Å². The van der Waals surface area contributed by atoms with Crippen molar-refractivity contribution in [2.45, 2.75) is 30.5 Å². The Labute approximate surface area is 126 Å². The minimum absolute atomic E-state index is 0.0848. The predicted molar refractivity (Wildman–Crippen MR) is 75.6 cm³/mol. The molecule has 0 aromatic carbocycles. The van der Waals surface area contributed by atoms with Crippen molar-refractivity contribution in [1.82, 2.24) is 9.55 Å². The molecule has 3 rings (SSSR count). The topological polar surface area (TPSA) is 126 Å². The summed E-state index contributed by atoms with van der Waals surface area (Å²) >= 11 is 0. The molecule has 5 atom stereocenters. The number of hydrogen-bond donors (Lipinski definition) is 2. The molecular formula is C12H17N3O6P+. The number of rotatable bonds is 4. The molecule has 9 nitrogen and oxygen atoms in total. The molecule has 0 spiro atoms. The third-order valence-electron chi connectivity index (χ3n) is 4.10. The standard InChI is InChI=1S/C12H16N3O6P/c1-11-8(16)12(5-19-11,6-20-22(2)18)21-9(11)15-4-3-7(13)14-10(15)17/h3-4,8-9,16H,5-6H2,1-2H3,(H-,13,14,17)/p+1/t8-,9+,11+,12+/m0/s1.